The van der Waals surface area contributed by atoms with E-state index in [9.17, 15) is 0 Å². The maximum absolute atomic E-state index is 6.20. The minimum Gasteiger partial charge on any atom is -0.396 e. The van der Waals surface area contributed by atoms with Crippen LogP contribution in [0.4, 0.5) is 17.1 Å². The number of aromatic nitrogens is 1. The molecule has 100 valence electrons. The highest BCUT2D eigenvalue weighted by Crippen LogP contribution is 2.33. The van der Waals surface area contributed by atoms with Crippen LogP contribution in [0.25, 0.3) is 10.9 Å². The molecule has 0 aliphatic heterocycles. The molecule has 0 amide bonds. The number of rotatable bonds is 2. The molecule has 0 fully saturated rings. The lowest BCUT2D eigenvalue weighted by atomic mass is 10.1. The third-order valence-electron chi connectivity index (χ3n) is 3.03. The van der Waals surface area contributed by atoms with Gasteiger partial charge in [-0.05, 0) is 42.5 Å². The van der Waals surface area contributed by atoms with E-state index in [0.717, 1.165) is 26.8 Å². The molecule has 2 aromatic carbocycles. The van der Waals surface area contributed by atoms with Crippen molar-refractivity contribution >= 4 is 55.5 Å². The van der Waals surface area contributed by atoms with Gasteiger partial charge in [-0.25, -0.2) is 0 Å². The lowest BCUT2D eigenvalue weighted by molar-refractivity contribution is 1.41. The van der Waals surface area contributed by atoms with Crippen LogP contribution < -0.4 is 11.1 Å². The molecule has 1 heterocycles. The van der Waals surface area contributed by atoms with Crippen LogP contribution in [0, 0.1) is 0 Å². The van der Waals surface area contributed by atoms with Gasteiger partial charge in [-0.15, -0.1) is 0 Å². The number of nitrogen functional groups attached to an aromatic ring is 1. The standard InChI is InChI=1S/C15H11BrClN3/c16-9-3-4-13(11(17)8-9)20-14-6-5-12-10(15(14)18)2-1-7-19-12/h1-8,20H,18H2. The molecule has 5 heteroatoms. The highest BCUT2D eigenvalue weighted by molar-refractivity contribution is 9.10. The highest BCUT2D eigenvalue weighted by atomic mass is 79.9. The summed E-state index contributed by atoms with van der Waals surface area (Å²) >= 11 is 9.59. The van der Waals surface area contributed by atoms with E-state index in [1.807, 2.05) is 42.5 Å². The molecule has 0 aliphatic rings. The number of hydrogen-bond donors (Lipinski definition) is 2. The molecule has 20 heavy (non-hydrogen) atoms. The number of nitrogens with one attached hydrogen (secondary N) is 1. The molecule has 3 aromatic rings. The third-order valence-corrected chi connectivity index (χ3v) is 3.83. The second kappa shape index (κ2) is 5.31. The van der Waals surface area contributed by atoms with Crippen LogP contribution in [0.5, 0.6) is 0 Å². The van der Waals surface area contributed by atoms with Gasteiger partial charge in [0.15, 0.2) is 0 Å². The predicted molar refractivity (Wildman–Crippen MR) is 88.6 cm³/mol. The summed E-state index contributed by atoms with van der Waals surface area (Å²) in [7, 11) is 0. The van der Waals surface area contributed by atoms with Crippen molar-refractivity contribution < 1.29 is 0 Å². The van der Waals surface area contributed by atoms with Crippen molar-refractivity contribution in [2.75, 3.05) is 11.1 Å². The summed E-state index contributed by atoms with van der Waals surface area (Å²) in [5.41, 5.74) is 9.35. The maximum atomic E-state index is 6.20. The van der Waals surface area contributed by atoms with E-state index in [1.54, 1.807) is 6.20 Å². The van der Waals surface area contributed by atoms with Crippen molar-refractivity contribution in [3.63, 3.8) is 0 Å². The van der Waals surface area contributed by atoms with E-state index in [1.165, 1.54) is 0 Å². The van der Waals surface area contributed by atoms with E-state index in [-0.39, 0.29) is 0 Å². The molecule has 3 rings (SSSR count). The van der Waals surface area contributed by atoms with E-state index in [2.05, 4.69) is 26.2 Å². The molecule has 0 aliphatic carbocycles. The van der Waals surface area contributed by atoms with Gasteiger partial charge in [0.25, 0.3) is 0 Å². The number of halogens is 2. The van der Waals surface area contributed by atoms with Crippen LogP contribution in [-0.4, -0.2) is 4.98 Å². The van der Waals surface area contributed by atoms with Crippen molar-refractivity contribution in [3.05, 3.63) is 58.2 Å². The van der Waals surface area contributed by atoms with E-state index < -0.39 is 0 Å². The van der Waals surface area contributed by atoms with Gasteiger partial charge in [0.1, 0.15) is 0 Å². The Labute approximate surface area is 129 Å². The third kappa shape index (κ3) is 2.44. The van der Waals surface area contributed by atoms with Gasteiger partial charge in [-0.1, -0.05) is 27.5 Å². The van der Waals surface area contributed by atoms with E-state index in [4.69, 9.17) is 17.3 Å². The molecule has 0 spiro atoms. The summed E-state index contributed by atoms with van der Waals surface area (Å²) in [6.45, 7) is 0. The van der Waals surface area contributed by atoms with Crippen LogP contribution in [-0.2, 0) is 0 Å². The van der Waals surface area contributed by atoms with Gasteiger partial charge < -0.3 is 11.1 Å². The molecular weight excluding hydrogens is 338 g/mol. The number of nitrogens with zero attached hydrogens (tertiary/aromatic N) is 1. The molecule has 3 N–H and O–H groups in total. The van der Waals surface area contributed by atoms with Gasteiger partial charge in [0, 0.05) is 16.1 Å². The Kier molecular flexibility index (Phi) is 3.51. The van der Waals surface area contributed by atoms with Crippen LogP contribution in [0.1, 0.15) is 0 Å². The molecule has 0 saturated heterocycles. The predicted octanol–water partition coefficient (Wildman–Crippen LogP) is 4.98. The van der Waals surface area contributed by atoms with Gasteiger partial charge in [-0.2, -0.15) is 0 Å². The second-order valence-electron chi connectivity index (χ2n) is 4.35. The first-order valence-electron chi connectivity index (χ1n) is 6.00. The number of pyridine rings is 1. The van der Waals surface area contributed by atoms with Crippen molar-refractivity contribution in [1.29, 1.82) is 0 Å². The fourth-order valence-electron chi connectivity index (χ4n) is 2.02. The largest absolute Gasteiger partial charge is 0.396 e. The quantitative estimate of drug-likeness (QED) is 0.642. The fourth-order valence-corrected chi connectivity index (χ4v) is 2.74. The average molecular weight is 349 g/mol. The Balaban J connectivity index is 2.04. The zero-order valence-electron chi connectivity index (χ0n) is 10.4. The summed E-state index contributed by atoms with van der Waals surface area (Å²) in [6, 6.07) is 13.3. The molecule has 0 unspecified atom stereocenters. The van der Waals surface area contributed by atoms with Gasteiger partial charge in [0.05, 0.1) is 27.6 Å². The molecule has 3 nitrogen and oxygen atoms in total. The first-order chi connectivity index (χ1) is 9.65. The summed E-state index contributed by atoms with van der Waals surface area (Å²) in [5.74, 6) is 0. The first kappa shape index (κ1) is 13.2. The molecule has 0 atom stereocenters. The van der Waals surface area contributed by atoms with Gasteiger partial charge in [-0.3, -0.25) is 4.98 Å². The normalized spacial score (nSPS) is 10.7. The molecular formula is C15H11BrClN3. The average Bonchev–Trinajstić information content (AvgIpc) is 2.45. The number of benzene rings is 2. The summed E-state index contributed by atoms with van der Waals surface area (Å²) in [5, 5.41) is 4.81. The molecule has 0 saturated carbocycles. The lowest BCUT2D eigenvalue weighted by Gasteiger charge is -2.12. The Morgan fingerprint density at radius 3 is 2.70 bits per heavy atom. The van der Waals surface area contributed by atoms with Crippen molar-refractivity contribution in [2.24, 2.45) is 0 Å². The number of hydrogen-bond acceptors (Lipinski definition) is 3. The zero-order chi connectivity index (χ0) is 14.1. The van der Waals surface area contributed by atoms with E-state index in [0.29, 0.717) is 10.7 Å². The Morgan fingerprint density at radius 2 is 1.90 bits per heavy atom. The maximum Gasteiger partial charge on any atom is 0.0724 e. The van der Waals surface area contributed by atoms with Crippen molar-refractivity contribution in [2.45, 2.75) is 0 Å². The molecule has 0 bridgehead atoms. The van der Waals surface area contributed by atoms with Gasteiger partial charge in [0.2, 0.25) is 0 Å². The molecule has 1 aromatic heterocycles. The minimum atomic E-state index is 0.630. The minimum absolute atomic E-state index is 0.630. The highest BCUT2D eigenvalue weighted by Gasteiger charge is 2.07. The summed E-state index contributed by atoms with van der Waals surface area (Å²) < 4.78 is 0.934. The number of anilines is 3. The fraction of sp³-hybridized carbons (Fsp3) is 0. The number of nitrogens with two attached hydrogens (primary N) is 1. The van der Waals surface area contributed by atoms with Crippen LogP contribution in [0.3, 0.4) is 0 Å². The Hall–Kier alpha value is -1.78. The van der Waals surface area contributed by atoms with Crippen LogP contribution in [0.15, 0.2) is 53.1 Å². The summed E-state index contributed by atoms with van der Waals surface area (Å²) in [6.07, 6.45) is 1.75. The van der Waals surface area contributed by atoms with Crippen LogP contribution in [0.2, 0.25) is 5.02 Å². The van der Waals surface area contributed by atoms with E-state index >= 15 is 0 Å². The number of fused-ring (bicyclic) bond motifs is 1. The van der Waals surface area contributed by atoms with Crippen LogP contribution >= 0.6 is 27.5 Å². The monoisotopic (exact) mass is 347 g/mol. The smallest absolute Gasteiger partial charge is 0.0724 e. The second-order valence-corrected chi connectivity index (χ2v) is 5.67. The van der Waals surface area contributed by atoms with Crippen molar-refractivity contribution in [3.8, 4) is 0 Å². The SMILES string of the molecule is Nc1c(Nc2ccc(Br)cc2Cl)ccc2ncccc12. The van der Waals surface area contributed by atoms with Gasteiger partial charge >= 0.3 is 0 Å². The Bertz CT molecular complexity index is 789. The lowest BCUT2D eigenvalue weighted by Crippen LogP contribution is -1.98. The Morgan fingerprint density at radius 1 is 1.10 bits per heavy atom. The summed E-state index contributed by atoms with van der Waals surface area (Å²) in [4.78, 5) is 4.28. The topological polar surface area (TPSA) is 50.9 Å². The first-order valence-corrected chi connectivity index (χ1v) is 7.17. The molecule has 0 radical (unpaired) electrons. The van der Waals surface area contributed by atoms with Crippen molar-refractivity contribution in [1.82, 2.24) is 4.98 Å². The zero-order valence-corrected chi connectivity index (χ0v) is 12.7.